The van der Waals surface area contributed by atoms with Crippen molar-refractivity contribution in [2.75, 3.05) is 26.3 Å². The predicted octanol–water partition coefficient (Wildman–Crippen LogP) is 0.832. The van der Waals surface area contributed by atoms with Crippen LogP contribution in [0.25, 0.3) is 0 Å². The fourth-order valence-corrected chi connectivity index (χ4v) is 2.99. The van der Waals surface area contributed by atoms with Crippen LogP contribution in [0.1, 0.15) is 17.5 Å². The highest BCUT2D eigenvalue weighted by molar-refractivity contribution is 7.09. The van der Waals surface area contributed by atoms with Crippen LogP contribution < -0.4 is 0 Å². The molecule has 92 valence electrons. The molecule has 0 saturated carbocycles. The van der Waals surface area contributed by atoms with Gasteiger partial charge in [-0.2, -0.15) is 0 Å². The van der Waals surface area contributed by atoms with Crippen LogP contribution in [0.2, 0.25) is 0 Å². The van der Waals surface area contributed by atoms with Crippen molar-refractivity contribution >= 4 is 17.3 Å². The summed E-state index contributed by atoms with van der Waals surface area (Å²) in [4.78, 5) is 18.0. The maximum absolute atomic E-state index is 11.5. The molecular weight excluding hydrogens is 240 g/mol. The SMILES string of the molecule is O=C1OCC[C@H]1N1CCO[C@@H](c2nccs2)C1. The van der Waals surface area contributed by atoms with E-state index in [1.165, 1.54) is 0 Å². The number of hydrogen-bond donors (Lipinski definition) is 0. The Hall–Kier alpha value is -0.980. The van der Waals surface area contributed by atoms with Crippen LogP contribution in [0.15, 0.2) is 11.6 Å². The molecule has 2 saturated heterocycles. The standard InChI is InChI=1S/C11H14N2O3S/c14-11-8(1-4-16-11)13-3-5-15-9(7-13)10-12-2-6-17-10/h2,6,8-9H,1,3-5,7H2/t8-,9-/m1/s1. The van der Waals surface area contributed by atoms with Gasteiger partial charge in [0, 0.05) is 31.1 Å². The van der Waals surface area contributed by atoms with E-state index >= 15 is 0 Å². The Balaban J connectivity index is 1.69. The number of hydrogen-bond acceptors (Lipinski definition) is 6. The number of cyclic esters (lactones) is 1. The molecular formula is C11H14N2O3S. The van der Waals surface area contributed by atoms with Gasteiger partial charge in [0.1, 0.15) is 17.2 Å². The number of nitrogens with zero attached hydrogens (tertiary/aromatic N) is 2. The second-order valence-electron chi connectivity index (χ2n) is 4.20. The minimum absolute atomic E-state index is 0.00264. The molecule has 0 aromatic carbocycles. The molecule has 6 heteroatoms. The van der Waals surface area contributed by atoms with Crippen LogP contribution in [-0.2, 0) is 14.3 Å². The van der Waals surface area contributed by atoms with Gasteiger partial charge in [0.05, 0.1) is 13.2 Å². The summed E-state index contributed by atoms with van der Waals surface area (Å²) in [7, 11) is 0. The molecule has 2 aliphatic rings. The number of aromatic nitrogens is 1. The third-order valence-corrected chi connectivity index (χ3v) is 4.04. The lowest BCUT2D eigenvalue weighted by molar-refractivity contribution is -0.144. The monoisotopic (exact) mass is 254 g/mol. The van der Waals surface area contributed by atoms with Crippen molar-refractivity contribution < 1.29 is 14.3 Å². The van der Waals surface area contributed by atoms with Gasteiger partial charge >= 0.3 is 5.97 Å². The molecule has 1 aromatic heterocycles. The molecule has 1 aromatic rings. The predicted molar refractivity (Wildman–Crippen MR) is 61.7 cm³/mol. The van der Waals surface area contributed by atoms with E-state index in [1.807, 2.05) is 5.38 Å². The number of morpholine rings is 1. The quantitative estimate of drug-likeness (QED) is 0.732. The van der Waals surface area contributed by atoms with Crippen molar-refractivity contribution in [3.05, 3.63) is 16.6 Å². The van der Waals surface area contributed by atoms with Crippen LogP contribution in [0.5, 0.6) is 0 Å². The maximum atomic E-state index is 11.5. The second-order valence-corrected chi connectivity index (χ2v) is 5.12. The van der Waals surface area contributed by atoms with Crippen molar-refractivity contribution in [3.8, 4) is 0 Å². The highest BCUT2D eigenvalue weighted by atomic mass is 32.1. The Morgan fingerprint density at radius 3 is 3.12 bits per heavy atom. The molecule has 0 spiro atoms. The topological polar surface area (TPSA) is 51.7 Å². The van der Waals surface area contributed by atoms with Gasteiger partial charge in [-0.05, 0) is 0 Å². The lowest BCUT2D eigenvalue weighted by atomic mass is 10.1. The lowest BCUT2D eigenvalue weighted by Gasteiger charge is -2.34. The van der Waals surface area contributed by atoms with Gasteiger partial charge in [-0.3, -0.25) is 9.69 Å². The Bertz CT molecular complexity index is 395. The summed E-state index contributed by atoms with van der Waals surface area (Å²) in [5.74, 6) is -0.0928. The first kappa shape index (κ1) is 11.1. The molecule has 3 heterocycles. The Morgan fingerprint density at radius 1 is 1.47 bits per heavy atom. The highest BCUT2D eigenvalue weighted by Gasteiger charge is 2.36. The van der Waals surface area contributed by atoms with Crippen LogP contribution >= 0.6 is 11.3 Å². The van der Waals surface area contributed by atoms with Crippen LogP contribution in [0, 0.1) is 0 Å². The first-order valence-electron chi connectivity index (χ1n) is 5.76. The molecule has 3 rings (SSSR count). The molecule has 0 radical (unpaired) electrons. The Kier molecular flexibility index (Phi) is 3.09. The number of ether oxygens (including phenoxy) is 2. The third-order valence-electron chi connectivity index (χ3n) is 3.17. The van der Waals surface area contributed by atoms with E-state index in [0.29, 0.717) is 13.2 Å². The molecule has 17 heavy (non-hydrogen) atoms. The van der Waals surface area contributed by atoms with Gasteiger partial charge in [-0.1, -0.05) is 0 Å². The largest absolute Gasteiger partial charge is 0.464 e. The number of rotatable bonds is 2. The lowest BCUT2D eigenvalue weighted by Crippen LogP contribution is -2.46. The number of carbonyl (C=O) groups excluding carboxylic acids is 1. The molecule has 0 aliphatic carbocycles. The molecule has 0 amide bonds. The van der Waals surface area contributed by atoms with Gasteiger partial charge < -0.3 is 9.47 Å². The molecule has 0 unspecified atom stereocenters. The zero-order chi connectivity index (χ0) is 11.7. The van der Waals surface area contributed by atoms with Crippen molar-refractivity contribution in [2.24, 2.45) is 0 Å². The van der Waals surface area contributed by atoms with E-state index in [2.05, 4.69) is 9.88 Å². The van der Waals surface area contributed by atoms with Crippen molar-refractivity contribution in [2.45, 2.75) is 18.6 Å². The van der Waals surface area contributed by atoms with E-state index in [9.17, 15) is 4.79 Å². The minimum Gasteiger partial charge on any atom is -0.464 e. The number of carbonyl (C=O) groups is 1. The summed E-state index contributed by atoms with van der Waals surface area (Å²) in [6.07, 6.45) is 2.58. The van der Waals surface area contributed by atoms with E-state index < -0.39 is 0 Å². The Morgan fingerprint density at radius 2 is 2.41 bits per heavy atom. The normalized spacial score (nSPS) is 30.5. The molecule has 0 N–H and O–H groups in total. The first-order valence-corrected chi connectivity index (χ1v) is 6.64. The summed E-state index contributed by atoms with van der Waals surface area (Å²) in [6, 6.07) is -0.0821. The van der Waals surface area contributed by atoms with Gasteiger partial charge in [-0.25, -0.2) is 4.98 Å². The maximum Gasteiger partial charge on any atom is 0.323 e. The average Bonchev–Trinajstić information content (AvgIpc) is 2.99. The number of thiazole rings is 1. The van der Waals surface area contributed by atoms with Crippen LogP contribution in [0.4, 0.5) is 0 Å². The molecule has 5 nitrogen and oxygen atoms in total. The van der Waals surface area contributed by atoms with E-state index in [4.69, 9.17) is 9.47 Å². The summed E-state index contributed by atoms with van der Waals surface area (Å²) < 4.78 is 10.7. The summed E-state index contributed by atoms with van der Waals surface area (Å²) in [6.45, 7) is 2.71. The zero-order valence-corrected chi connectivity index (χ0v) is 10.2. The fourth-order valence-electron chi connectivity index (χ4n) is 2.31. The van der Waals surface area contributed by atoms with Gasteiger partial charge in [-0.15, -0.1) is 11.3 Å². The first-order chi connectivity index (χ1) is 8.34. The van der Waals surface area contributed by atoms with Gasteiger partial charge in [0.15, 0.2) is 0 Å². The molecule has 2 aliphatic heterocycles. The molecule has 0 bridgehead atoms. The smallest absolute Gasteiger partial charge is 0.323 e. The van der Waals surface area contributed by atoms with E-state index in [1.54, 1.807) is 17.5 Å². The number of esters is 1. The van der Waals surface area contributed by atoms with Crippen molar-refractivity contribution in [1.82, 2.24) is 9.88 Å². The van der Waals surface area contributed by atoms with Gasteiger partial charge in [0.25, 0.3) is 0 Å². The fraction of sp³-hybridized carbons (Fsp3) is 0.636. The highest BCUT2D eigenvalue weighted by Crippen LogP contribution is 2.26. The Labute approximate surface area is 103 Å². The van der Waals surface area contributed by atoms with Gasteiger partial charge in [0.2, 0.25) is 0 Å². The summed E-state index contributed by atoms with van der Waals surface area (Å²) in [5.41, 5.74) is 0. The summed E-state index contributed by atoms with van der Waals surface area (Å²) >= 11 is 1.60. The van der Waals surface area contributed by atoms with Crippen molar-refractivity contribution in [1.29, 1.82) is 0 Å². The van der Waals surface area contributed by atoms with E-state index in [-0.39, 0.29) is 18.1 Å². The molecule has 2 fully saturated rings. The van der Waals surface area contributed by atoms with E-state index in [0.717, 1.165) is 24.5 Å². The second kappa shape index (κ2) is 4.72. The van der Waals surface area contributed by atoms with Crippen LogP contribution in [0.3, 0.4) is 0 Å². The zero-order valence-electron chi connectivity index (χ0n) is 9.37. The average molecular weight is 254 g/mol. The minimum atomic E-state index is -0.0928. The summed E-state index contributed by atoms with van der Waals surface area (Å²) in [5, 5.41) is 2.93. The van der Waals surface area contributed by atoms with Crippen molar-refractivity contribution in [3.63, 3.8) is 0 Å². The third kappa shape index (κ3) is 2.20. The molecule has 2 atom stereocenters. The van der Waals surface area contributed by atoms with Crippen LogP contribution in [-0.4, -0.2) is 48.2 Å².